The second-order valence-corrected chi connectivity index (χ2v) is 9.88. The number of nitrogens with zero attached hydrogens (tertiary/aromatic N) is 2. The van der Waals surface area contributed by atoms with Crippen molar-refractivity contribution in [1.29, 1.82) is 0 Å². The number of carbonyl (C=O) groups excluding carboxylic acids is 1. The third-order valence-electron chi connectivity index (χ3n) is 3.79. The maximum absolute atomic E-state index is 14.2. The van der Waals surface area contributed by atoms with Gasteiger partial charge >= 0.3 is 150 Å². The van der Waals surface area contributed by atoms with Crippen molar-refractivity contribution in [2.45, 2.75) is 10.1 Å². The Balaban J connectivity index is 1.75. The van der Waals surface area contributed by atoms with E-state index in [4.69, 9.17) is 10.9 Å². The van der Waals surface area contributed by atoms with Gasteiger partial charge in [0.15, 0.2) is 0 Å². The third-order valence-corrected chi connectivity index (χ3v) is 6.47. The molecule has 0 unspecified atom stereocenters. The van der Waals surface area contributed by atoms with Gasteiger partial charge in [0.25, 0.3) is 0 Å². The number of hydrogen-bond acceptors (Lipinski definition) is 7. The number of primary amides is 1. The van der Waals surface area contributed by atoms with Crippen molar-refractivity contribution in [2.75, 3.05) is 10.6 Å². The Labute approximate surface area is 178 Å². The average Bonchev–Trinajstić information content (AvgIpc) is 2.69. The Morgan fingerprint density at radius 3 is 2.50 bits per heavy atom. The quantitative estimate of drug-likeness (QED) is 0.352. The monoisotopic (exact) mass is 491 g/mol. The molecule has 0 aliphatic heterocycles. The standard InChI is InChI=1S/C18H17AsFN6O3S/c20-15-10-23-18(25-12-4-6-14(7-5-12)30(22,28)29)26-16(15)24-13-3-1-2-11(8-13)9-19-17(21)27/h1-8,10H,9H2,(H2,21,27)(H2,22,28,29)(H2,23,24,25,26). The van der Waals surface area contributed by atoms with Crippen LogP contribution in [0.3, 0.4) is 0 Å². The van der Waals surface area contributed by atoms with Crippen LogP contribution in [0.1, 0.15) is 5.56 Å². The Kier molecular flexibility index (Phi) is 6.66. The van der Waals surface area contributed by atoms with Crippen LogP contribution >= 0.6 is 0 Å². The SMILES string of the molecule is NC(=O)[As]Cc1cccc(Nc2nc(Nc3ccc(S(N)(=O)=O)cc3)ncc2F)c1. The van der Waals surface area contributed by atoms with E-state index in [1.807, 2.05) is 6.07 Å². The molecule has 0 fully saturated rings. The molecule has 9 nitrogen and oxygen atoms in total. The van der Waals surface area contributed by atoms with Crippen molar-refractivity contribution in [3.8, 4) is 0 Å². The number of anilines is 4. The summed E-state index contributed by atoms with van der Waals surface area (Å²) in [5, 5.41) is 11.4. The summed E-state index contributed by atoms with van der Waals surface area (Å²) in [6, 6.07) is 12.8. The second-order valence-electron chi connectivity index (χ2n) is 6.06. The summed E-state index contributed by atoms with van der Waals surface area (Å²) in [6.07, 6.45) is 1.01. The Morgan fingerprint density at radius 1 is 1.10 bits per heavy atom. The Bertz CT molecular complexity index is 1170. The molecule has 0 spiro atoms. The Hall–Kier alpha value is -3.01. The van der Waals surface area contributed by atoms with Crippen molar-refractivity contribution in [2.24, 2.45) is 10.9 Å². The molecule has 0 saturated carbocycles. The minimum absolute atomic E-state index is 0.0336. The predicted molar refractivity (Wildman–Crippen MR) is 112 cm³/mol. The molecule has 0 aliphatic carbocycles. The first-order valence-electron chi connectivity index (χ1n) is 8.46. The van der Waals surface area contributed by atoms with Gasteiger partial charge in [-0.3, -0.25) is 0 Å². The van der Waals surface area contributed by atoms with Crippen molar-refractivity contribution in [3.05, 3.63) is 66.1 Å². The molecule has 1 heterocycles. The molecule has 0 atom stereocenters. The van der Waals surface area contributed by atoms with Crippen LogP contribution in [0.5, 0.6) is 0 Å². The summed E-state index contributed by atoms with van der Waals surface area (Å²) in [7, 11) is -3.79. The number of carbonyl (C=O) groups is 1. The summed E-state index contributed by atoms with van der Waals surface area (Å²) < 4.78 is 36.5. The first kappa shape index (κ1) is 21.7. The van der Waals surface area contributed by atoms with Crippen molar-refractivity contribution < 1.29 is 17.6 Å². The van der Waals surface area contributed by atoms with Gasteiger partial charge in [0, 0.05) is 0 Å². The van der Waals surface area contributed by atoms with Crippen LogP contribution in [0, 0.1) is 5.82 Å². The molecule has 6 N–H and O–H groups in total. The Morgan fingerprint density at radius 2 is 1.83 bits per heavy atom. The van der Waals surface area contributed by atoms with Crippen molar-refractivity contribution >= 4 is 53.6 Å². The molecule has 2 aromatic carbocycles. The number of hydrogen-bond donors (Lipinski definition) is 4. The molecule has 3 aromatic rings. The fraction of sp³-hybridized carbons (Fsp3) is 0.0556. The molecule has 0 saturated heterocycles. The van der Waals surface area contributed by atoms with Crippen molar-refractivity contribution in [3.63, 3.8) is 0 Å². The van der Waals surface area contributed by atoms with Gasteiger partial charge in [0.1, 0.15) is 0 Å². The fourth-order valence-electron chi connectivity index (χ4n) is 2.43. The summed E-state index contributed by atoms with van der Waals surface area (Å²) in [6.45, 7) is 0. The molecular formula is C18H17AsFN6O3S. The number of amides is 1. The van der Waals surface area contributed by atoms with E-state index < -0.39 is 31.6 Å². The van der Waals surface area contributed by atoms with Crippen LogP contribution in [-0.2, 0) is 15.2 Å². The van der Waals surface area contributed by atoms with Crippen LogP contribution < -0.4 is 21.5 Å². The molecule has 3 rings (SSSR count). The normalized spacial score (nSPS) is 11.5. The molecular weight excluding hydrogens is 474 g/mol. The van der Waals surface area contributed by atoms with Gasteiger partial charge in [-0.1, -0.05) is 0 Å². The second kappa shape index (κ2) is 9.20. The molecule has 155 valence electrons. The zero-order valence-electron chi connectivity index (χ0n) is 15.4. The molecule has 1 radical (unpaired) electrons. The van der Waals surface area contributed by atoms with Gasteiger partial charge in [-0.15, -0.1) is 0 Å². The van der Waals surface area contributed by atoms with Crippen LogP contribution in [0.25, 0.3) is 0 Å². The molecule has 0 aliphatic rings. The number of nitrogens with one attached hydrogen (secondary N) is 2. The topological polar surface area (TPSA) is 153 Å². The van der Waals surface area contributed by atoms with E-state index in [2.05, 4.69) is 20.6 Å². The molecule has 30 heavy (non-hydrogen) atoms. The number of halogens is 1. The first-order valence-corrected chi connectivity index (χ1v) is 12.3. The molecule has 12 heteroatoms. The van der Waals surface area contributed by atoms with E-state index in [1.54, 1.807) is 18.2 Å². The van der Waals surface area contributed by atoms with E-state index in [9.17, 15) is 17.6 Å². The van der Waals surface area contributed by atoms with Gasteiger partial charge in [0.05, 0.1) is 4.90 Å². The predicted octanol–water partition coefficient (Wildman–Crippen LogP) is 2.03. The van der Waals surface area contributed by atoms with Crippen molar-refractivity contribution in [1.82, 2.24) is 9.97 Å². The fourth-order valence-corrected chi connectivity index (χ4v) is 4.06. The summed E-state index contributed by atoms with van der Waals surface area (Å²) in [5.74, 6) is -0.592. The van der Waals surface area contributed by atoms with Gasteiger partial charge in [-0.2, -0.15) is 0 Å². The zero-order valence-corrected chi connectivity index (χ0v) is 18.1. The first-order chi connectivity index (χ1) is 14.2. The number of primary sulfonamides is 1. The summed E-state index contributed by atoms with van der Waals surface area (Å²) in [5.41, 5.74) is 7.21. The maximum atomic E-state index is 14.2. The van der Waals surface area contributed by atoms with E-state index in [0.717, 1.165) is 11.8 Å². The van der Waals surface area contributed by atoms with Crippen LogP contribution in [0.2, 0.25) is 0 Å². The third kappa shape index (κ3) is 5.99. The van der Waals surface area contributed by atoms with Gasteiger partial charge in [-0.25, -0.2) is 13.6 Å². The molecule has 1 amide bonds. The van der Waals surface area contributed by atoms with Gasteiger partial charge in [-0.05, 0) is 0 Å². The van der Waals surface area contributed by atoms with E-state index >= 15 is 0 Å². The number of nitrogens with two attached hydrogens (primary N) is 2. The molecule has 0 bridgehead atoms. The number of sulfonamides is 1. The zero-order chi connectivity index (χ0) is 21.7. The van der Waals surface area contributed by atoms with Gasteiger partial charge in [0.2, 0.25) is 10.0 Å². The summed E-state index contributed by atoms with van der Waals surface area (Å²) in [4.78, 5) is 19.0. The number of benzene rings is 2. The average molecular weight is 491 g/mol. The summed E-state index contributed by atoms with van der Waals surface area (Å²) >= 11 is -0.635. The van der Waals surface area contributed by atoms with Crippen LogP contribution in [-0.4, -0.2) is 38.8 Å². The van der Waals surface area contributed by atoms with Gasteiger partial charge < -0.3 is 0 Å². The minimum atomic E-state index is -3.79. The number of rotatable bonds is 8. The molecule has 1 aromatic heterocycles. The van der Waals surface area contributed by atoms with Crippen LogP contribution in [0.4, 0.5) is 32.3 Å². The van der Waals surface area contributed by atoms with E-state index in [-0.39, 0.29) is 21.4 Å². The van der Waals surface area contributed by atoms with E-state index in [0.29, 0.717) is 16.6 Å². The number of aromatic nitrogens is 2. The van der Waals surface area contributed by atoms with Crippen LogP contribution in [0.15, 0.2) is 59.6 Å². The van der Waals surface area contributed by atoms with E-state index in [1.165, 1.54) is 24.3 Å².